The molecular formula is C17H30N4. The monoisotopic (exact) mass is 290 g/mol. The van der Waals surface area contributed by atoms with Crippen molar-refractivity contribution in [3.63, 3.8) is 0 Å². The summed E-state index contributed by atoms with van der Waals surface area (Å²) < 4.78 is 0. The molecule has 3 N–H and O–H groups in total. The fourth-order valence-corrected chi connectivity index (χ4v) is 1.57. The fraction of sp³-hybridized carbons (Fsp3) is 0.412. The fourth-order valence-electron chi connectivity index (χ4n) is 1.57. The van der Waals surface area contributed by atoms with E-state index in [9.17, 15) is 0 Å². The molecule has 21 heavy (non-hydrogen) atoms. The van der Waals surface area contributed by atoms with Crippen molar-refractivity contribution in [2.45, 2.75) is 6.92 Å². The van der Waals surface area contributed by atoms with Crippen molar-refractivity contribution in [1.82, 2.24) is 20.9 Å². The van der Waals surface area contributed by atoms with E-state index in [2.05, 4.69) is 61.1 Å². The van der Waals surface area contributed by atoms with Crippen LogP contribution in [0.4, 0.5) is 0 Å². The quantitative estimate of drug-likeness (QED) is 0.538. The van der Waals surface area contributed by atoms with E-state index in [0.717, 1.165) is 35.8 Å². The minimum Gasteiger partial charge on any atom is -0.389 e. The molecule has 0 heterocycles. The van der Waals surface area contributed by atoms with Crippen molar-refractivity contribution in [3.05, 3.63) is 60.1 Å². The number of hydrogen-bond acceptors (Lipinski definition) is 4. The van der Waals surface area contributed by atoms with Crippen molar-refractivity contribution in [2.75, 3.05) is 41.3 Å². The number of nitrogens with zero attached hydrogens (tertiary/aromatic N) is 1. The molecule has 0 fully saturated rings. The van der Waals surface area contributed by atoms with Gasteiger partial charge in [0.25, 0.3) is 0 Å². The molecule has 0 aromatic rings. The lowest BCUT2D eigenvalue weighted by molar-refractivity contribution is 0.408. The lowest BCUT2D eigenvalue weighted by Gasteiger charge is -2.15. The van der Waals surface area contributed by atoms with Crippen LogP contribution < -0.4 is 16.0 Å². The number of hydrogen-bond donors (Lipinski definition) is 3. The van der Waals surface area contributed by atoms with E-state index in [0.29, 0.717) is 0 Å². The Bertz CT molecular complexity index is 428. The number of nitrogens with one attached hydrogen (secondary N) is 3. The third kappa shape index (κ3) is 8.76. The molecule has 118 valence electrons. The summed E-state index contributed by atoms with van der Waals surface area (Å²) in [5, 5.41) is 9.59. The van der Waals surface area contributed by atoms with E-state index >= 15 is 0 Å². The molecular weight excluding hydrogens is 260 g/mol. The molecule has 0 aliphatic rings. The second-order valence-corrected chi connectivity index (χ2v) is 5.01. The van der Waals surface area contributed by atoms with Gasteiger partial charge in [-0.2, -0.15) is 0 Å². The summed E-state index contributed by atoms with van der Waals surface area (Å²) in [4.78, 5) is 2.14. The van der Waals surface area contributed by atoms with Gasteiger partial charge in [0, 0.05) is 32.9 Å². The van der Waals surface area contributed by atoms with Crippen molar-refractivity contribution in [2.24, 2.45) is 0 Å². The molecule has 0 bridgehead atoms. The second-order valence-electron chi connectivity index (χ2n) is 5.01. The van der Waals surface area contributed by atoms with Crippen molar-refractivity contribution in [3.8, 4) is 0 Å². The molecule has 0 amide bonds. The normalized spacial score (nSPS) is 13.1. The van der Waals surface area contributed by atoms with Gasteiger partial charge in [-0.25, -0.2) is 0 Å². The number of allylic oxidation sites excluding steroid dienone is 5. The molecule has 0 aliphatic carbocycles. The number of likely N-dealkylation sites (N-methyl/N-ethyl adjacent to an activating group) is 3. The third-order valence-electron chi connectivity index (χ3n) is 2.88. The van der Waals surface area contributed by atoms with Crippen LogP contribution in [0.3, 0.4) is 0 Å². The minimum atomic E-state index is 0.874. The Balaban J connectivity index is 4.97. The summed E-state index contributed by atoms with van der Waals surface area (Å²) >= 11 is 0. The van der Waals surface area contributed by atoms with Crippen LogP contribution in [0.5, 0.6) is 0 Å². The largest absolute Gasteiger partial charge is 0.389 e. The molecule has 0 spiro atoms. The first-order chi connectivity index (χ1) is 9.94. The standard InChI is InChI=1S/C17H30N4/c1-8-16(20-11-12-21(6)7)17(19-5)13-14(2)9-10-15(3)18-4/h8-10,13,18-20H,1,3,11-12H2,2,4-7H3/b10-9+,14-13+,17-16-. The summed E-state index contributed by atoms with van der Waals surface area (Å²) in [6.45, 7) is 11.6. The van der Waals surface area contributed by atoms with Gasteiger partial charge in [0.1, 0.15) is 0 Å². The zero-order valence-electron chi connectivity index (χ0n) is 14.1. The topological polar surface area (TPSA) is 39.3 Å². The average Bonchev–Trinajstić information content (AvgIpc) is 2.46. The van der Waals surface area contributed by atoms with Crippen molar-refractivity contribution >= 4 is 0 Å². The summed E-state index contributed by atoms with van der Waals surface area (Å²) in [6, 6.07) is 0. The Labute approximate surface area is 130 Å². The maximum Gasteiger partial charge on any atom is 0.0575 e. The van der Waals surface area contributed by atoms with E-state index in [1.54, 1.807) is 0 Å². The van der Waals surface area contributed by atoms with Gasteiger partial charge in [0.2, 0.25) is 0 Å². The first kappa shape index (κ1) is 19.1. The smallest absolute Gasteiger partial charge is 0.0575 e. The van der Waals surface area contributed by atoms with Crippen LogP contribution in [-0.4, -0.2) is 46.2 Å². The van der Waals surface area contributed by atoms with Crippen LogP contribution >= 0.6 is 0 Å². The zero-order chi connectivity index (χ0) is 16.3. The van der Waals surface area contributed by atoms with Gasteiger partial charge in [-0.1, -0.05) is 19.2 Å². The Morgan fingerprint density at radius 1 is 1.10 bits per heavy atom. The lowest BCUT2D eigenvalue weighted by Crippen LogP contribution is -2.27. The molecule has 4 heteroatoms. The molecule has 0 unspecified atom stereocenters. The molecule has 0 saturated heterocycles. The van der Waals surface area contributed by atoms with Gasteiger partial charge in [-0.3, -0.25) is 0 Å². The van der Waals surface area contributed by atoms with Gasteiger partial charge in [-0.05, 0) is 44.8 Å². The highest BCUT2D eigenvalue weighted by Crippen LogP contribution is 2.06. The van der Waals surface area contributed by atoms with E-state index in [1.165, 1.54) is 0 Å². The van der Waals surface area contributed by atoms with E-state index in [4.69, 9.17) is 0 Å². The molecule has 0 aromatic carbocycles. The van der Waals surface area contributed by atoms with Crippen LogP contribution in [-0.2, 0) is 0 Å². The summed E-state index contributed by atoms with van der Waals surface area (Å²) in [6.07, 6.45) is 7.89. The van der Waals surface area contributed by atoms with Crippen molar-refractivity contribution in [1.29, 1.82) is 0 Å². The molecule has 0 rings (SSSR count). The molecule has 0 saturated carbocycles. The molecule has 0 aliphatic heterocycles. The molecule has 0 aromatic heterocycles. The zero-order valence-corrected chi connectivity index (χ0v) is 14.1. The van der Waals surface area contributed by atoms with Crippen LogP contribution in [0.2, 0.25) is 0 Å². The van der Waals surface area contributed by atoms with E-state index in [-0.39, 0.29) is 0 Å². The van der Waals surface area contributed by atoms with Gasteiger partial charge < -0.3 is 20.9 Å². The predicted octanol–water partition coefficient (Wildman–Crippen LogP) is 1.99. The van der Waals surface area contributed by atoms with Crippen LogP contribution in [0.15, 0.2) is 60.1 Å². The Morgan fingerprint density at radius 3 is 2.24 bits per heavy atom. The highest BCUT2D eigenvalue weighted by atomic mass is 15.1. The maximum absolute atomic E-state index is 3.88. The predicted molar refractivity (Wildman–Crippen MR) is 93.9 cm³/mol. The first-order valence-electron chi connectivity index (χ1n) is 7.10. The Kier molecular flexibility index (Phi) is 9.80. The van der Waals surface area contributed by atoms with Crippen LogP contribution in [0, 0.1) is 0 Å². The SMILES string of the molecule is C=C\C(NCCN(C)C)=C(/C=C(C)/C=C/C(=C)NC)NC. The van der Waals surface area contributed by atoms with Gasteiger partial charge in [-0.15, -0.1) is 0 Å². The molecule has 4 nitrogen and oxygen atoms in total. The molecule has 0 radical (unpaired) electrons. The van der Waals surface area contributed by atoms with Crippen molar-refractivity contribution < 1.29 is 0 Å². The number of rotatable bonds is 10. The van der Waals surface area contributed by atoms with Gasteiger partial charge >= 0.3 is 0 Å². The average molecular weight is 290 g/mol. The molecule has 0 atom stereocenters. The Hall–Kier alpha value is -1.94. The Morgan fingerprint density at radius 2 is 1.76 bits per heavy atom. The highest BCUT2D eigenvalue weighted by Gasteiger charge is 2.00. The minimum absolute atomic E-state index is 0.874. The summed E-state index contributed by atoms with van der Waals surface area (Å²) in [5.41, 5.74) is 4.02. The lowest BCUT2D eigenvalue weighted by atomic mass is 10.2. The second kappa shape index (κ2) is 10.8. The summed E-state index contributed by atoms with van der Waals surface area (Å²) in [7, 11) is 7.88. The van der Waals surface area contributed by atoms with E-state index < -0.39 is 0 Å². The van der Waals surface area contributed by atoms with Crippen LogP contribution in [0.1, 0.15) is 6.92 Å². The maximum atomic E-state index is 3.88. The highest BCUT2D eigenvalue weighted by molar-refractivity contribution is 5.36. The van der Waals surface area contributed by atoms with Gasteiger partial charge in [0.05, 0.1) is 11.4 Å². The first-order valence-corrected chi connectivity index (χ1v) is 7.10. The summed E-state index contributed by atoms with van der Waals surface area (Å²) in [5.74, 6) is 0. The van der Waals surface area contributed by atoms with Gasteiger partial charge in [0.15, 0.2) is 0 Å². The van der Waals surface area contributed by atoms with Crippen LogP contribution in [0.25, 0.3) is 0 Å². The van der Waals surface area contributed by atoms with E-state index in [1.807, 2.05) is 32.3 Å². The third-order valence-corrected chi connectivity index (χ3v) is 2.88.